The van der Waals surface area contributed by atoms with Crippen LogP contribution in [0.1, 0.15) is 39.5 Å². The number of fused-ring (bicyclic) bond motifs is 8. The van der Waals surface area contributed by atoms with Gasteiger partial charge in [-0.3, -0.25) is 0 Å². The lowest BCUT2D eigenvalue weighted by atomic mass is 10.1. The van der Waals surface area contributed by atoms with Crippen LogP contribution in [0.2, 0.25) is 0 Å². The van der Waals surface area contributed by atoms with Crippen LogP contribution in [0.3, 0.4) is 0 Å². The van der Waals surface area contributed by atoms with Crippen LogP contribution in [0.25, 0.3) is 46.4 Å². The first-order chi connectivity index (χ1) is 16.0. The van der Waals surface area contributed by atoms with Crippen molar-refractivity contribution in [2.45, 2.75) is 20.8 Å². The molecule has 4 nitrogen and oxygen atoms in total. The van der Waals surface area contributed by atoms with Crippen LogP contribution >= 0.6 is 0 Å². The first-order valence-corrected chi connectivity index (χ1v) is 11.1. The number of hydrogen-bond donors (Lipinski definition) is 2. The second kappa shape index (κ2) is 8.75. The second-order valence-corrected chi connectivity index (χ2v) is 8.42. The van der Waals surface area contributed by atoms with Crippen LogP contribution in [-0.2, 0) is 0 Å². The summed E-state index contributed by atoms with van der Waals surface area (Å²) in [5.41, 5.74) is 12.0. The van der Waals surface area contributed by atoms with E-state index >= 15 is 0 Å². The Balaban J connectivity index is 0.000000215. The molecule has 3 aromatic heterocycles. The van der Waals surface area contributed by atoms with E-state index in [2.05, 4.69) is 83.2 Å². The van der Waals surface area contributed by atoms with Crippen LogP contribution in [0.15, 0.2) is 66.7 Å². The fraction of sp³-hybridized carbons (Fsp3) is 0.103. The van der Waals surface area contributed by atoms with Crippen LogP contribution in [0.5, 0.6) is 0 Å². The van der Waals surface area contributed by atoms with Crippen molar-refractivity contribution in [1.29, 1.82) is 0 Å². The summed E-state index contributed by atoms with van der Waals surface area (Å²) in [6.45, 7) is 6.44. The highest BCUT2D eigenvalue weighted by Crippen LogP contribution is 2.17. The molecule has 6 rings (SSSR count). The van der Waals surface area contributed by atoms with Gasteiger partial charge < -0.3 is 9.97 Å². The second-order valence-electron chi connectivity index (χ2n) is 8.42. The summed E-state index contributed by atoms with van der Waals surface area (Å²) in [4.78, 5) is 16.0. The minimum Gasteiger partial charge on any atom is -0.355 e. The molecule has 8 bridgehead atoms. The standard InChI is InChI=1S/C20H14N4.C9H12/c1-2-14-10-16-5-6-18(23-16)12-20-8-7-19(24-20)11-17-4-3-15(22-17)9-13(1)21-14;1-7-5-4-6-8(2)9(7)3/h1-12,21,24H;4-6H,1-3H3. The number of benzene rings is 1. The first-order valence-electron chi connectivity index (χ1n) is 11.1. The Morgan fingerprint density at radius 2 is 0.818 bits per heavy atom. The molecule has 1 aromatic carbocycles. The van der Waals surface area contributed by atoms with Gasteiger partial charge in [-0.15, -0.1) is 0 Å². The van der Waals surface area contributed by atoms with Gasteiger partial charge in [0.1, 0.15) is 0 Å². The molecule has 162 valence electrons. The van der Waals surface area contributed by atoms with Crippen molar-refractivity contribution in [1.82, 2.24) is 19.9 Å². The van der Waals surface area contributed by atoms with E-state index in [1.54, 1.807) is 0 Å². The predicted octanol–water partition coefficient (Wildman–Crippen LogP) is 7.27. The Labute approximate surface area is 193 Å². The molecular weight excluding hydrogens is 404 g/mol. The lowest BCUT2D eigenvalue weighted by molar-refractivity contribution is 1.27. The monoisotopic (exact) mass is 430 g/mol. The quantitative estimate of drug-likeness (QED) is 0.266. The topological polar surface area (TPSA) is 57.4 Å². The van der Waals surface area contributed by atoms with Gasteiger partial charge in [0.05, 0.1) is 22.8 Å². The zero-order valence-electron chi connectivity index (χ0n) is 19.1. The van der Waals surface area contributed by atoms with Crippen molar-refractivity contribution >= 4 is 46.4 Å². The minimum atomic E-state index is 0.939. The Kier molecular flexibility index (Phi) is 5.49. The summed E-state index contributed by atoms with van der Waals surface area (Å²) in [6, 6.07) is 22.7. The summed E-state index contributed by atoms with van der Waals surface area (Å²) in [6.07, 6.45) is 8.09. The van der Waals surface area contributed by atoms with Crippen molar-refractivity contribution in [3.63, 3.8) is 0 Å². The number of H-pyrrole nitrogens is 2. The highest BCUT2D eigenvalue weighted by Gasteiger charge is 2.01. The summed E-state index contributed by atoms with van der Waals surface area (Å²) in [7, 11) is 0. The average Bonchev–Trinajstić information content (AvgIpc) is 3.58. The minimum absolute atomic E-state index is 0.939. The van der Waals surface area contributed by atoms with Gasteiger partial charge >= 0.3 is 0 Å². The van der Waals surface area contributed by atoms with Crippen LogP contribution in [-0.4, -0.2) is 19.9 Å². The van der Waals surface area contributed by atoms with E-state index in [1.165, 1.54) is 16.7 Å². The molecule has 4 heteroatoms. The predicted molar refractivity (Wildman–Crippen MR) is 140 cm³/mol. The summed E-state index contributed by atoms with van der Waals surface area (Å²) in [5, 5.41) is 0. The van der Waals surface area contributed by atoms with Crippen LogP contribution < -0.4 is 0 Å². The van der Waals surface area contributed by atoms with Crippen molar-refractivity contribution in [3.8, 4) is 0 Å². The molecule has 33 heavy (non-hydrogen) atoms. The van der Waals surface area contributed by atoms with E-state index in [0.29, 0.717) is 0 Å². The zero-order valence-corrected chi connectivity index (χ0v) is 19.1. The molecule has 2 N–H and O–H groups in total. The van der Waals surface area contributed by atoms with Gasteiger partial charge in [-0.25, -0.2) is 9.97 Å². The molecule has 2 aliphatic rings. The van der Waals surface area contributed by atoms with Gasteiger partial charge in [0, 0.05) is 22.1 Å². The average molecular weight is 431 g/mol. The third-order valence-electron chi connectivity index (χ3n) is 5.92. The summed E-state index contributed by atoms with van der Waals surface area (Å²) < 4.78 is 0. The molecule has 0 aliphatic carbocycles. The highest BCUT2D eigenvalue weighted by atomic mass is 14.8. The maximum absolute atomic E-state index is 4.63. The van der Waals surface area contributed by atoms with Gasteiger partial charge in [0.15, 0.2) is 0 Å². The van der Waals surface area contributed by atoms with Gasteiger partial charge in [-0.1, -0.05) is 18.2 Å². The Morgan fingerprint density at radius 3 is 1.12 bits per heavy atom. The van der Waals surface area contributed by atoms with E-state index in [-0.39, 0.29) is 0 Å². The Morgan fingerprint density at radius 1 is 0.485 bits per heavy atom. The van der Waals surface area contributed by atoms with E-state index in [4.69, 9.17) is 0 Å². The van der Waals surface area contributed by atoms with E-state index in [1.807, 2.05) is 48.6 Å². The number of rotatable bonds is 0. The third-order valence-corrected chi connectivity index (χ3v) is 5.92. The molecule has 0 spiro atoms. The maximum Gasteiger partial charge on any atom is 0.0658 e. The van der Waals surface area contributed by atoms with Crippen molar-refractivity contribution < 1.29 is 0 Å². The molecule has 5 heterocycles. The first kappa shape index (κ1) is 20.7. The summed E-state index contributed by atoms with van der Waals surface area (Å²) in [5.74, 6) is 0. The Bertz CT molecular complexity index is 1350. The lowest BCUT2D eigenvalue weighted by Crippen LogP contribution is -1.82. The van der Waals surface area contributed by atoms with Gasteiger partial charge in [0.25, 0.3) is 0 Å². The highest BCUT2D eigenvalue weighted by molar-refractivity contribution is 5.77. The number of aromatic amines is 2. The third kappa shape index (κ3) is 4.85. The largest absolute Gasteiger partial charge is 0.355 e. The molecular formula is C29H26N4. The number of aromatic nitrogens is 4. The normalized spacial score (nSPS) is 11.8. The number of aryl methyl sites for hydroxylation is 2. The van der Waals surface area contributed by atoms with E-state index < -0.39 is 0 Å². The van der Waals surface area contributed by atoms with E-state index in [0.717, 1.165) is 44.8 Å². The van der Waals surface area contributed by atoms with Gasteiger partial charge in [-0.2, -0.15) is 0 Å². The molecule has 0 saturated heterocycles. The smallest absolute Gasteiger partial charge is 0.0658 e. The number of nitrogens with one attached hydrogen (secondary N) is 2. The van der Waals surface area contributed by atoms with Crippen LogP contribution in [0, 0.1) is 20.8 Å². The molecule has 0 radical (unpaired) electrons. The lowest BCUT2D eigenvalue weighted by Gasteiger charge is -2.00. The van der Waals surface area contributed by atoms with Crippen LogP contribution in [0.4, 0.5) is 0 Å². The summed E-state index contributed by atoms with van der Waals surface area (Å²) >= 11 is 0. The van der Waals surface area contributed by atoms with Gasteiger partial charge in [-0.05, 0) is 110 Å². The molecule has 0 amide bonds. The fourth-order valence-corrected chi connectivity index (χ4v) is 3.84. The molecule has 2 aliphatic heterocycles. The SMILES string of the molecule is C1=Cc2cc3ccc(cc4nc(cc5ccc(cc1n2)[nH]5)C=C4)[nH]3.Cc1cccc(C)c1C. The van der Waals surface area contributed by atoms with Gasteiger partial charge in [0.2, 0.25) is 0 Å². The van der Waals surface area contributed by atoms with Crippen molar-refractivity contribution in [3.05, 3.63) is 106 Å². The molecule has 0 unspecified atom stereocenters. The fourth-order valence-electron chi connectivity index (χ4n) is 3.84. The molecule has 0 fully saturated rings. The molecule has 4 aromatic rings. The number of hydrogen-bond acceptors (Lipinski definition) is 2. The van der Waals surface area contributed by atoms with Crippen molar-refractivity contribution in [2.24, 2.45) is 0 Å². The molecule has 0 atom stereocenters. The zero-order chi connectivity index (χ0) is 22.8. The maximum atomic E-state index is 4.63. The van der Waals surface area contributed by atoms with E-state index in [9.17, 15) is 0 Å². The molecule has 0 saturated carbocycles. The van der Waals surface area contributed by atoms with Crippen molar-refractivity contribution in [2.75, 3.05) is 0 Å². The number of nitrogens with zero attached hydrogens (tertiary/aromatic N) is 2. The Hall–Kier alpha value is -4.18.